The van der Waals surface area contributed by atoms with Crippen LogP contribution in [0.5, 0.6) is 0 Å². The first-order chi connectivity index (χ1) is 6.77. The van der Waals surface area contributed by atoms with E-state index in [-0.39, 0.29) is 5.41 Å². The molecule has 1 aromatic carbocycles. The molecule has 1 heteroatoms. The summed E-state index contributed by atoms with van der Waals surface area (Å²) in [6.07, 6.45) is 0. The first-order valence-electron chi connectivity index (χ1n) is 5.43. The molecule has 1 aromatic rings. The zero-order valence-corrected chi connectivity index (χ0v) is 8.72. The van der Waals surface area contributed by atoms with E-state index in [1.165, 1.54) is 12.7 Å². The van der Waals surface area contributed by atoms with Crippen LogP contribution >= 0.6 is 0 Å². The summed E-state index contributed by atoms with van der Waals surface area (Å²) in [5, 5.41) is 0. The van der Waals surface area contributed by atoms with Crippen LogP contribution in [0.25, 0.3) is 0 Å². The van der Waals surface area contributed by atoms with Crippen molar-refractivity contribution >= 4 is 0 Å². The average Bonchev–Trinajstić information content (AvgIpc) is 2.17. The monoisotopic (exact) mass is 180 g/mol. The number of hydrogen-bond acceptors (Lipinski definition) is 1. The van der Waals surface area contributed by atoms with Crippen molar-refractivity contribution in [2.45, 2.75) is 32.7 Å². The van der Waals surface area contributed by atoms with Crippen molar-refractivity contribution in [3.63, 3.8) is 0 Å². The lowest BCUT2D eigenvalue weighted by Gasteiger charge is -2.19. The van der Waals surface area contributed by atoms with Crippen LogP contribution in [0.4, 0.5) is 0 Å². The second-order valence-corrected chi connectivity index (χ2v) is 4.13. The van der Waals surface area contributed by atoms with Gasteiger partial charge in [-0.2, -0.15) is 0 Å². The Morgan fingerprint density at radius 1 is 1.23 bits per heavy atom. The molecular weight excluding hydrogens is 160 g/mol. The van der Waals surface area contributed by atoms with Crippen LogP contribution in [-0.4, -0.2) is 7.11 Å². The Bertz CT molecular complexity index is 322. The molecule has 0 aliphatic heterocycles. The van der Waals surface area contributed by atoms with Gasteiger partial charge in [0.05, 0.1) is 9.30 Å². The maximum Gasteiger partial charge on any atom is 0.0713 e. The summed E-state index contributed by atoms with van der Waals surface area (Å²) in [5.74, 6) is 0. The van der Waals surface area contributed by atoms with E-state index in [9.17, 15) is 0 Å². The van der Waals surface area contributed by atoms with Gasteiger partial charge in [-0.25, -0.2) is 0 Å². The Labute approximate surface area is 83.5 Å². The average molecular weight is 180 g/mol. The third-order valence-corrected chi connectivity index (χ3v) is 1.97. The predicted octanol–water partition coefficient (Wildman–Crippen LogP) is 3.13. The fourth-order valence-corrected chi connectivity index (χ4v) is 1.16. The van der Waals surface area contributed by atoms with E-state index in [1.54, 1.807) is 12.1 Å². The highest BCUT2D eigenvalue weighted by Crippen LogP contribution is 2.22. The molecule has 13 heavy (non-hydrogen) atoms. The Morgan fingerprint density at radius 2 is 1.77 bits per heavy atom. The van der Waals surface area contributed by atoms with Crippen LogP contribution in [0.2, 0.25) is 0 Å². The summed E-state index contributed by atoms with van der Waals surface area (Å²) in [6.45, 7) is 4.70. The Balaban J connectivity index is 3.01. The molecule has 0 saturated carbocycles. The summed E-state index contributed by atoms with van der Waals surface area (Å²) >= 11 is 0. The van der Waals surface area contributed by atoms with E-state index in [4.69, 9.17) is 7.48 Å². The summed E-state index contributed by atoms with van der Waals surface area (Å²) < 4.78 is 20.0. The lowest BCUT2D eigenvalue weighted by atomic mass is 9.87. The lowest BCUT2D eigenvalue weighted by Crippen LogP contribution is -2.10. The minimum absolute atomic E-state index is 0.0956. The van der Waals surface area contributed by atoms with Crippen molar-refractivity contribution < 1.29 is 7.48 Å². The first-order valence-corrected chi connectivity index (χ1v) is 4.43. The lowest BCUT2D eigenvalue weighted by molar-refractivity contribution is 0.185. The summed E-state index contributed by atoms with van der Waals surface area (Å²) in [4.78, 5) is 0. The van der Waals surface area contributed by atoms with Gasteiger partial charge in [-0.15, -0.1) is 0 Å². The normalized spacial score (nSPS) is 15.1. The summed E-state index contributed by atoms with van der Waals surface area (Å²) in [6, 6.07) is 7.46. The molecule has 1 nitrogen and oxygen atoms in total. The van der Waals surface area contributed by atoms with Crippen LogP contribution in [0.15, 0.2) is 24.3 Å². The van der Waals surface area contributed by atoms with Crippen molar-refractivity contribution in [2.75, 3.05) is 7.11 Å². The van der Waals surface area contributed by atoms with Crippen LogP contribution < -0.4 is 0 Å². The Hall–Kier alpha value is -0.820. The van der Waals surface area contributed by atoms with Gasteiger partial charge < -0.3 is 4.74 Å². The third-order valence-electron chi connectivity index (χ3n) is 1.97. The number of methoxy groups -OCH3 is 1. The van der Waals surface area contributed by atoms with E-state index in [0.29, 0.717) is 5.56 Å². The van der Waals surface area contributed by atoms with Crippen LogP contribution in [-0.2, 0) is 16.7 Å². The highest BCUT2D eigenvalue weighted by molar-refractivity contribution is 5.27. The molecule has 72 valence electrons. The molecule has 0 N–H and O–H groups in total. The predicted molar refractivity (Wildman–Crippen MR) is 55.9 cm³/mol. The number of hydrogen-bond donors (Lipinski definition) is 0. The van der Waals surface area contributed by atoms with Gasteiger partial charge in [0.25, 0.3) is 0 Å². The molecule has 0 heterocycles. The smallest absolute Gasteiger partial charge is 0.0713 e. The van der Waals surface area contributed by atoms with Crippen LogP contribution in [0, 0.1) is 0 Å². The number of ether oxygens (including phenoxy) is 1. The fourth-order valence-electron chi connectivity index (χ4n) is 1.16. The van der Waals surface area contributed by atoms with E-state index in [2.05, 4.69) is 20.8 Å². The molecule has 0 amide bonds. The molecule has 0 aromatic heterocycles. The van der Waals surface area contributed by atoms with Gasteiger partial charge in [0.15, 0.2) is 0 Å². The zero-order valence-electron chi connectivity index (χ0n) is 10.7. The number of benzene rings is 1. The van der Waals surface area contributed by atoms with E-state index in [0.717, 1.165) is 0 Å². The molecule has 0 unspecified atom stereocenters. The molecule has 0 radical (unpaired) electrons. The molecule has 0 bridgehead atoms. The minimum Gasteiger partial charge on any atom is -0.380 e. The molecular formula is C12H18O. The van der Waals surface area contributed by atoms with Crippen molar-refractivity contribution in [1.82, 2.24) is 0 Å². The molecule has 1 rings (SSSR count). The fraction of sp³-hybridized carbons (Fsp3) is 0.500. The highest BCUT2D eigenvalue weighted by atomic mass is 16.5. The molecule has 0 fully saturated rings. The molecule has 0 saturated heterocycles. The highest BCUT2D eigenvalue weighted by Gasteiger charge is 2.12. The zero-order chi connectivity index (χ0) is 11.7. The maximum absolute atomic E-state index is 7.59. The van der Waals surface area contributed by atoms with Gasteiger partial charge in [-0.3, -0.25) is 0 Å². The Morgan fingerprint density at radius 3 is 2.15 bits per heavy atom. The van der Waals surface area contributed by atoms with Gasteiger partial charge in [0, 0.05) is 7.11 Å². The molecule has 0 atom stereocenters. The Kier molecular flexibility index (Phi) is 2.29. The third kappa shape index (κ3) is 2.85. The van der Waals surface area contributed by atoms with Crippen molar-refractivity contribution in [2.24, 2.45) is 0 Å². The van der Waals surface area contributed by atoms with Gasteiger partial charge in [-0.1, -0.05) is 45.0 Å². The van der Waals surface area contributed by atoms with Crippen molar-refractivity contribution in [3.05, 3.63) is 35.4 Å². The van der Waals surface area contributed by atoms with Gasteiger partial charge in [-0.05, 0) is 16.5 Å². The standard InChI is InChI=1S/C12H18O/c1-12(2,3)11-7-5-10(6-8-11)9-13-4/h5-8H,9H2,1-4H3/i9D2. The van der Waals surface area contributed by atoms with Crippen LogP contribution in [0.3, 0.4) is 0 Å². The quantitative estimate of drug-likeness (QED) is 0.679. The van der Waals surface area contributed by atoms with E-state index >= 15 is 0 Å². The minimum atomic E-state index is -1.70. The molecule has 0 aliphatic carbocycles. The van der Waals surface area contributed by atoms with Gasteiger partial charge >= 0.3 is 0 Å². The van der Waals surface area contributed by atoms with Gasteiger partial charge in [0.2, 0.25) is 0 Å². The second-order valence-electron chi connectivity index (χ2n) is 4.13. The second kappa shape index (κ2) is 3.93. The van der Waals surface area contributed by atoms with Crippen molar-refractivity contribution in [3.8, 4) is 0 Å². The van der Waals surface area contributed by atoms with E-state index < -0.39 is 6.56 Å². The summed E-state index contributed by atoms with van der Waals surface area (Å²) in [5.41, 5.74) is 1.84. The molecule has 0 aliphatic rings. The maximum atomic E-state index is 7.59. The topological polar surface area (TPSA) is 9.23 Å². The SMILES string of the molecule is [2H]C([2H])(OC)c1ccc(C(C)(C)C)cc1. The summed E-state index contributed by atoms with van der Waals surface area (Å²) in [7, 11) is 1.37. The molecule has 0 spiro atoms. The number of rotatable bonds is 2. The van der Waals surface area contributed by atoms with Crippen molar-refractivity contribution in [1.29, 1.82) is 0 Å². The first kappa shape index (κ1) is 7.57. The largest absolute Gasteiger partial charge is 0.380 e. The van der Waals surface area contributed by atoms with Crippen LogP contribution in [0.1, 0.15) is 34.6 Å². The van der Waals surface area contributed by atoms with Gasteiger partial charge in [0.1, 0.15) is 0 Å². The van der Waals surface area contributed by atoms with E-state index in [1.807, 2.05) is 12.1 Å².